The molecule has 6 nitrogen and oxygen atoms in total. The highest BCUT2D eigenvalue weighted by molar-refractivity contribution is 7.89. The maximum absolute atomic E-state index is 13.1. The first kappa shape index (κ1) is 21.1. The summed E-state index contributed by atoms with van der Waals surface area (Å²) < 4.78 is 29.3. The van der Waals surface area contributed by atoms with E-state index in [0.717, 1.165) is 38.5 Å². The second-order valence-corrected chi connectivity index (χ2v) is 10.8. The summed E-state index contributed by atoms with van der Waals surface area (Å²) in [7, 11) is -1.85. The summed E-state index contributed by atoms with van der Waals surface area (Å²) in [5.41, 5.74) is 3.03. The first-order valence-electron chi connectivity index (χ1n) is 10.9. The summed E-state index contributed by atoms with van der Waals surface area (Å²) in [4.78, 5) is 13.2. The van der Waals surface area contributed by atoms with Gasteiger partial charge in [-0.1, -0.05) is 31.2 Å². The summed E-state index contributed by atoms with van der Waals surface area (Å²) in [5, 5.41) is 3.14. The van der Waals surface area contributed by atoms with Gasteiger partial charge in [0.2, 0.25) is 10.0 Å². The van der Waals surface area contributed by atoms with E-state index in [9.17, 15) is 13.2 Å². The van der Waals surface area contributed by atoms with Crippen molar-refractivity contribution < 1.29 is 13.2 Å². The fraction of sp³-hybridized carbons (Fsp3) is 0.522. The smallest absolute Gasteiger partial charge is 0.268 e. The van der Waals surface area contributed by atoms with E-state index in [1.165, 1.54) is 17.2 Å². The topological polar surface area (TPSA) is 71.4 Å². The van der Waals surface area contributed by atoms with Crippen LogP contribution in [0.5, 0.6) is 0 Å². The van der Waals surface area contributed by atoms with Crippen molar-refractivity contribution in [3.63, 3.8) is 0 Å². The first-order chi connectivity index (χ1) is 14.3. The fourth-order valence-corrected chi connectivity index (χ4v) is 6.37. The van der Waals surface area contributed by atoms with Gasteiger partial charge >= 0.3 is 0 Å². The lowest BCUT2D eigenvalue weighted by atomic mass is 10.0. The van der Waals surface area contributed by atoms with Gasteiger partial charge in [-0.3, -0.25) is 4.79 Å². The van der Waals surface area contributed by atoms with Crippen LogP contribution in [0.2, 0.25) is 0 Å². The van der Waals surface area contributed by atoms with Crippen LogP contribution in [0.1, 0.15) is 54.2 Å². The number of nitrogens with zero attached hydrogens (tertiary/aromatic N) is 2. The van der Waals surface area contributed by atoms with Crippen LogP contribution in [0.3, 0.4) is 0 Å². The molecule has 1 N–H and O–H groups in total. The highest BCUT2D eigenvalue weighted by Crippen LogP contribution is 2.25. The van der Waals surface area contributed by atoms with Crippen LogP contribution >= 0.6 is 0 Å². The van der Waals surface area contributed by atoms with E-state index in [2.05, 4.69) is 30.4 Å². The third-order valence-corrected chi connectivity index (χ3v) is 8.22. The van der Waals surface area contributed by atoms with Crippen molar-refractivity contribution in [3.8, 4) is 0 Å². The third kappa shape index (κ3) is 4.32. The molecule has 0 radical (unpaired) electrons. The Labute approximate surface area is 179 Å². The molecule has 2 atom stereocenters. The number of rotatable bonds is 4. The number of amides is 1. The van der Waals surface area contributed by atoms with Crippen LogP contribution in [-0.4, -0.2) is 42.3 Å². The van der Waals surface area contributed by atoms with E-state index >= 15 is 0 Å². The molecule has 1 aromatic heterocycles. The van der Waals surface area contributed by atoms with Gasteiger partial charge in [-0.15, -0.1) is 0 Å². The minimum absolute atomic E-state index is 0.0547. The van der Waals surface area contributed by atoms with E-state index < -0.39 is 10.0 Å². The molecule has 7 heteroatoms. The average Bonchev–Trinajstić information content (AvgIpc) is 3.00. The Morgan fingerprint density at radius 3 is 2.67 bits per heavy atom. The number of hydrogen-bond donors (Lipinski definition) is 1. The van der Waals surface area contributed by atoms with Gasteiger partial charge in [0, 0.05) is 32.4 Å². The minimum Gasteiger partial charge on any atom is -0.348 e. The van der Waals surface area contributed by atoms with Crippen LogP contribution in [0.4, 0.5) is 0 Å². The van der Waals surface area contributed by atoms with Gasteiger partial charge in [-0.2, -0.15) is 4.31 Å². The predicted molar refractivity (Wildman–Crippen MR) is 117 cm³/mol. The standard InChI is InChI=1S/C23H31N3O3S/c1-17-7-6-12-26(15-17)30(28,29)21-14-22(25(2)16-21)23(27)24-20-11-5-10-18-8-3-4-9-19(18)13-20/h3-4,8-9,14,16-17,20H,5-7,10-13,15H2,1-2H3,(H,24,27). The molecular formula is C23H31N3O3S. The molecule has 162 valence electrons. The molecule has 2 aromatic rings. The highest BCUT2D eigenvalue weighted by atomic mass is 32.2. The van der Waals surface area contributed by atoms with E-state index in [0.29, 0.717) is 24.7 Å². The zero-order valence-corrected chi connectivity index (χ0v) is 18.6. The second-order valence-electron chi connectivity index (χ2n) is 8.82. The van der Waals surface area contributed by atoms with Crippen molar-refractivity contribution in [3.05, 3.63) is 53.3 Å². The maximum atomic E-state index is 13.1. The molecular weight excluding hydrogens is 398 g/mol. The Hall–Kier alpha value is -2.12. The summed E-state index contributed by atoms with van der Waals surface area (Å²) in [5.74, 6) is 0.147. The summed E-state index contributed by atoms with van der Waals surface area (Å²) >= 11 is 0. The van der Waals surface area contributed by atoms with E-state index in [1.807, 2.05) is 6.07 Å². The number of aryl methyl sites for hydroxylation is 2. The number of piperidine rings is 1. The minimum atomic E-state index is -3.58. The number of carbonyl (C=O) groups excluding carboxylic acids is 1. The van der Waals surface area contributed by atoms with E-state index in [1.54, 1.807) is 22.1 Å². The Kier molecular flexibility index (Phi) is 6.02. The van der Waals surface area contributed by atoms with Gasteiger partial charge in [0.05, 0.1) is 0 Å². The van der Waals surface area contributed by atoms with Crippen LogP contribution in [0.25, 0.3) is 0 Å². The zero-order chi connectivity index (χ0) is 21.3. The Bertz CT molecular complexity index is 1030. The van der Waals surface area contributed by atoms with Crippen LogP contribution < -0.4 is 5.32 Å². The normalized spacial score (nSPS) is 22.9. The summed E-state index contributed by atoms with van der Waals surface area (Å²) in [6, 6.07) is 9.97. The van der Waals surface area contributed by atoms with E-state index in [-0.39, 0.29) is 16.8 Å². The maximum Gasteiger partial charge on any atom is 0.268 e. The van der Waals surface area contributed by atoms with Crippen molar-refractivity contribution in [2.75, 3.05) is 13.1 Å². The lowest BCUT2D eigenvalue weighted by Crippen LogP contribution is -2.39. The van der Waals surface area contributed by atoms with Gasteiger partial charge in [0.1, 0.15) is 10.6 Å². The Morgan fingerprint density at radius 1 is 1.13 bits per heavy atom. The lowest BCUT2D eigenvalue weighted by Gasteiger charge is -2.29. The molecule has 2 unspecified atom stereocenters. The molecule has 0 saturated carbocycles. The Balaban J connectivity index is 1.50. The predicted octanol–water partition coefficient (Wildman–Crippen LogP) is 3.12. The van der Waals surface area contributed by atoms with Crippen molar-refractivity contribution >= 4 is 15.9 Å². The molecule has 1 aliphatic heterocycles. The van der Waals surface area contributed by atoms with Gasteiger partial charge in [0.25, 0.3) is 5.91 Å². The van der Waals surface area contributed by atoms with Crippen molar-refractivity contribution in [2.24, 2.45) is 13.0 Å². The molecule has 0 bridgehead atoms. The van der Waals surface area contributed by atoms with Crippen molar-refractivity contribution in [1.82, 2.24) is 14.2 Å². The van der Waals surface area contributed by atoms with Crippen molar-refractivity contribution in [1.29, 1.82) is 0 Å². The van der Waals surface area contributed by atoms with Gasteiger partial charge < -0.3 is 9.88 Å². The number of hydrogen-bond acceptors (Lipinski definition) is 3. The van der Waals surface area contributed by atoms with Gasteiger partial charge in [-0.25, -0.2) is 8.42 Å². The first-order valence-corrected chi connectivity index (χ1v) is 12.3. The van der Waals surface area contributed by atoms with Crippen LogP contribution in [0.15, 0.2) is 41.4 Å². The number of nitrogens with one attached hydrogen (secondary N) is 1. The number of carbonyl (C=O) groups is 1. The highest BCUT2D eigenvalue weighted by Gasteiger charge is 2.31. The average molecular weight is 430 g/mol. The number of fused-ring (bicyclic) bond motifs is 1. The molecule has 2 aliphatic rings. The molecule has 1 saturated heterocycles. The van der Waals surface area contributed by atoms with E-state index in [4.69, 9.17) is 0 Å². The number of benzene rings is 1. The molecule has 30 heavy (non-hydrogen) atoms. The van der Waals surface area contributed by atoms with Gasteiger partial charge in [-0.05, 0) is 61.6 Å². The molecule has 1 aliphatic carbocycles. The molecule has 0 spiro atoms. The monoisotopic (exact) mass is 429 g/mol. The zero-order valence-electron chi connectivity index (χ0n) is 17.8. The number of sulfonamides is 1. The number of aromatic nitrogens is 1. The molecule has 1 fully saturated rings. The quantitative estimate of drug-likeness (QED) is 0.759. The SMILES string of the molecule is CC1CCCN(S(=O)(=O)c2cc(C(=O)NC3CCCc4ccccc4C3)n(C)c2)C1. The summed E-state index contributed by atoms with van der Waals surface area (Å²) in [6.45, 7) is 3.17. The van der Waals surface area contributed by atoms with Crippen LogP contribution in [-0.2, 0) is 29.9 Å². The largest absolute Gasteiger partial charge is 0.348 e. The van der Waals surface area contributed by atoms with Crippen LogP contribution in [0, 0.1) is 5.92 Å². The van der Waals surface area contributed by atoms with Crippen molar-refractivity contribution in [2.45, 2.75) is 56.4 Å². The molecule has 4 rings (SSSR count). The molecule has 1 aromatic carbocycles. The molecule has 2 heterocycles. The second kappa shape index (κ2) is 8.55. The summed E-state index contributed by atoms with van der Waals surface area (Å²) in [6.07, 6.45) is 7.28. The lowest BCUT2D eigenvalue weighted by molar-refractivity contribution is 0.0926. The van der Waals surface area contributed by atoms with Gasteiger partial charge in [0.15, 0.2) is 0 Å². The Morgan fingerprint density at radius 2 is 1.90 bits per heavy atom. The third-order valence-electron chi connectivity index (χ3n) is 6.39. The fourth-order valence-electron chi connectivity index (χ4n) is 4.70. The molecule has 1 amide bonds.